The van der Waals surface area contributed by atoms with Gasteiger partial charge in [-0.05, 0) is 41.9 Å². The Labute approximate surface area is 91.2 Å². The van der Waals surface area contributed by atoms with Crippen LogP contribution in [0.15, 0.2) is 28.4 Å². The zero-order valence-corrected chi connectivity index (χ0v) is 9.63. The van der Waals surface area contributed by atoms with Crippen LogP contribution < -0.4 is 5.73 Å². The first-order valence-corrected chi connectivity index (χ1v) is 4.92. The fourth-order valence-electron chi connectivity index (χ4n) is 1.18. The average Bonchev–Trinajstić information content (AvgIpc) is 2.02. The Morgan fingerprint density at radius 1 is 1.43 bits per heavy atom. The minimum atomic E-state index is -0.449. The number of carbonyl (C=O) groups excluding carboxylic acids is 1. The molecule has 0 aliphatic rings. The maximum Gasteiger partial charge on any atom is 0.250 e. The molecule has 1 amide bonds. The van der Waals surface area contributed by atoms with Crippen LogP contribution in [0.1, 0.15) is 19.5 Å². The molecule has 0 radical (unpaired) electrons. The van der Waals surface area contributed by atoms with Gasteiger partial charge in [-0.15, -0.1) is 0 Å². The van der Waals surface area contributed by atoms with Gasteiger partial charge in [0, 0.05) is 0 Å². The highest BCUT2D eigenvalue weighted by Crippen LogP contribution is 2.18. The van der Waals surface area contributed by atoms with Crippen molar-refractivity contribution in [2.75, 3.05) is 0 Å². The number of carbonyl (C=O) groups is 1. The van der Waals surface area contributed by atoms with Gasteiger partial charge >= 0.3 is 0 Å². The van der Waals surface area contributed by atoms with E-state index in [1.54, 1.807) is 12.1 Å². The Hall–Kier alpha value is -1.16. The lowest BCUT2D eigenvalue weighted by molar-refractivity contribution is -0.112. The summed E-state index contributed by atoms with van der Waals surface area (Å²) in [7, 11) is 0. The summed E-state index contributed by atoms with van der Waals surface area (Å²) >= 11 is 3.24. The fraction of sp³-hybridized carbons (Fsp3) is 0.200. The van der Waals surface area contributed by atoms with Gasteiger partial charge in [0.05, 0.1) is 11.3 Å². The number of primary amides is 1. The lowest BCUT2D eigenvalue weighted by Crippen LogP contribution is -2.15. The first kappa shape index (κ1) is 10.9. The molecule has 0 aliphatic heterocycles. The second-order valence-electron chi connectivity index (χ2n) is 3.08. The number of amides is 1. The van der Waals surface area contributed by atoms with Crippen molar-refractivity contribution in [1.29, 1.82) is 0 Å². The van der Waals surface area contributed by atoms with Gasteiger partial charge in [0.15, 0.2) is 0 Å². The molecular formula is C10H11BrN2O. The van der Waals surface area contributed by atoms with E-state index < -0.39 is 5.91 Å². The summed E-state index contributed by atoms with van der Waals surface area (Å²) in [5.74, 6) is -0.449. The third-order valence-electron chi connectivity index (χ3n) is 1.72. The Balaban J connectivity index is 3.27. The molecule has 3 nitrogen and oxygen atoms in total. The van der Waals surface area contributed by atoms with E-state index in [2.05, 4.69) is 20.9 Å². The smallest absolute Gasteiger partial charge is 0.250 e. The number of nitrogens with zero attached hydrogens (tertiary/aromatic N) is 1. The normalized spacial score (nSPS) is 9.64. The molecule has 0 unspecified atom stereocenters. The molecule has 0 fully saturated rings. The summed E-state index contributed by atoms with van der Waals surface area (Å²) in [6, 6.07) is 5.38. The molecule has 0 aromatic carbocycles. The van der Waals surface area contributed by atoms with Gasteiger partial charge in [-0.2, -0.15) is 0 Å². The van der Waals surface area contributed by atoms with Crippen LogP contribution in [0.4, 0.5) is 0 Å². The molecule has 1 aromatic rings. The SMILES string of the molecule is CC(C)=C(C(N)=O)c1cccc(Br)n1. The van der Waals surface area contributed by atoms with Gasteiger partial charge in [0.25, 0.3) is 5.91 Å². The molecule has 4 heteroatoms. The van der Waals surface area contributed by atoms with E-state index in [-0.39, 0.29) is 0 Å². The number of hydrogen-bond acceptors (Lipinski definition) is 2. The molecule has 0 saturated heterocycles. The van der Waals surface area contributed by atoms with E-state index in [1.807, 2.05) is 19.9 Å². The summed E-state index contributed by atoms with van der Waals surface area (Å²) in [5, 5.41) is 0. The molecule has 1 aromatic heterocycles. The van der Waals surface area contributed by atoms with E-state index >= 15 is 0 Å². The van der Waals surface area contributed by atoms with E-state index in [1.165, 1.54) is 0 Å². The van der Waals surface area contributed by atoms with Gasteiger partial charge in [-0.25, -0.2) is 4.98 Å². The number of rotatable bonds is 2. The largest absolute Gasteiger partial charge is 0.366 e. The molecule has 1 rings (SSSR count). The van der Waals surface area contributed by atoms with E-state index in [4.69, 9.17) is 5.73 Å². The highest BCUT2D eigenvalue weighted by Gasteiger charge is 2.11. The molecule has 0 atom stereocenters. The molecule has 0 aliphatic carbocycles. The van der Waals surface area contributed by atoms with Gasteiger partial charge in [0.1, 0.15) is 4.60 Å². The van der Waals surface area contributed by atoms with Crippen LogP contribution in [-0.2, 0) is 4.79 Å². The molecule has 0 spiro atoms. The third kappa shape index (κ3) is 2.42. The molecule has 0 saturated carbocycles. The number of nitrogens with two attached hydrogens (primary N) is 1. The Morgan fingerprint density at radius 2 is 2.07 bits per heavy atom. The van der Waals surface area contributed by atoms with Crippen molar-refractivity contribution < 1.29 is 4.79 Å². The van der Waals surface area contributed by atoms with Crippen molar-refractivity contribution in [3.05, 3.63) is 34.1 Å². The molecule has 0 bridgehead atoms. The van der Waals surface area contributed by atoms with Crippen LogP contribution in [0.25, 0.3) is 5.57 Å². The van der Waals surface area contributed by atoms with Crippen molar-refractivity contribution >= 4 is 27.4 Å². The van der Waals surface area contributed by atoms with Crippen molar-refractivity contribution in [2.24, 2.45) is 5.73 Å². The van der Waals surface area contributed by atoms with Crippen molar-refractivity contribution in [2.45, 2.75) is 13.8 Å². The minimum absolute atomic E-state index is 0.449. The Kier molecular flexibility index (Phi) is 3.41. The van der Waals surface area contributed by atoms with E-state index in [9.17, 15) is 4.79 Å². The van der Waals surface area contributed by atoms with E-state index in [0.29, 0.717) is 15.9 Å². The summed E-state index contributed by atoms with van der Waals surface area (Å²) in [6.07, 6.45) is 0. The molecule has 2 N–H and O–H groups in total. The standard InChI is InChI=1S/C10H11BrN2O/c1-6(2)9(10(12)14)7-4-3-5-8(11)13-7/h3-5H,1-2H3,(H2,12,14). The maximum absolute atomic E-state index is 11.2. The maximum atomic E-state index is 11.2. The highest BCUT2D eigenvalue weighted by molar-refractivity contribution is 9.10. The number of allylic oxidation sites excluding steroid dienone is 1. The zero-order valence-electron chi connectivity index (χ0n) is 8.04. The third-order valence-corrected chi connectivity index (χ3v) is 2.16. The predicted molar refractivity (Wildman–Crippen MR) is 59.4 cm³/mol. The number of hydrogen-bond donors (Lipinski definition) is 1. The summed E-state index contributed by atoms with van der Waals surface area (Å²) in [4.78, 5) is 15.3. The summed E-state index contributed by atoms with van der Waals surface area (Å²) < 4.78 is 0.690. The van der Waals surface area contributed by atoms with Gasteiger partial charge in [-0.3, -0.25) is 4.79 Å². The molecule has 1 heterocycles. The second kappa shape index (κ2) is 4.37. The van der Waals surface area contributed by atoms with Crippen molar-refractivity contribution in [3.8, 4) is 0 Å². The highest BCUT2D eigenvalue weighted by atomic mass is 79.9. The van der Waals surface area contributed by atoms with E-state index in [0.717, 1.165) is 5.57 Å². The monoisotopic (exact) mass is 254 g/mol. The van der Waals surface area contributed by atoms with Crippen LogP contribution in [-0.4, -0.2) is 10.9 Å². The van der Waals surface area contributed by atoms with Gasteiger partial charge in [-0.1, -0.05) is 11.6 Å². The lowest BCUT2D eigenvalue weighted by Gasteiger charge is -2.05. The molecular weight excluding hydrogens is 244 g/mol. The molecule has 14 heavy (non-hydrogen) atoms. The van der Waals surface area contributed by atoms with Crippen LogP contribution in [0.3, 0.4) is 0 Å². The summed E-state index contributed by atoms with van der Waals surface area (Å²) in [5.41, 5.74) is 7.21. The second-order valence-corrected chi connectivity index (χ2v) is 3.90. The summed E-state index contributed by atoms with van der Waals surface area (Å²) in [6.45, 7) is 3.67. The fourth-order valence-corrected chi connectivity index (χ4v) is 1.52. The first-order chi connectivity index (χ1) is 6.52. The zero-order chi connectivity index (χ0) is 10.7. The quantitative estimate of drug-likeness (QED) is 0.650. The lowest BCUT2D eigenvalue weighted by atomic mass is 10.1. The van der Waals surface area contributed by atoms with Crippen molar-refractivity contribution in [1.82, 2.24) is 4.98 Å². The predicted octanol–water partition coefficient (Wildman–Crippen LogP) is 2.12. The van der Waals surface area contributed by atoms with Crippen LogP contribution in [0, 0.1) is 0 Å². The number of aromatic nitrogens is 1. The van der Waals surface area contributed by atoms with Crippen molar-refractivity contribution in [3.63, 3.8) is 0 Å². The minimum Gasteiger partial charge on any atom is -0.366 e. The average molecular weight is 255 g/mol. The van der Waals surface area contributed by atoms with Gasteiger partial charge < -0.3 is 5.73 Å². The van der Waals surface area contributed by atoms with Gasteiger partial charge in [0.2, 0.25) is 0 Å². The Morgan fingerprint density at radius 3 is 2.50 bits per heavy atom. The first-order valence-electron chi connectivity index (χ1n) is 4.12. The van der Waals surface area contributed by atoms with Crippen LogP contribution in [0.5, 0.6) is 0 Å². The van der Waals surface area contributed by atoms with Crippen LogP contribution in [0.2, 0.25) is 0 Å². The number of pyridine rings is 1. The van der Waals surface area contributed by atoms with Crippen LogP contribution >= 0.6 is 15.9 Å². The molecule has 74 valence electrons. The number of halogens is 1. The topological polar surface area (TPSA) is 56.0 Å². The Bertz CT molecular complexity index is 395.